The van der Waals surface area contributed by atoms with Crippen LogP contribution in [0.3, 0.4) is 0 Å². The number of carbonyl (C=O) groups excluding carboxylic acids is 1. The monoisotopic (exact) mass is 511 g/mol. The Balaban J connectivity index is 2.37. The van der Waals surface area contributed by atoms with Crippen LogP contribution in [0.5, 0.6) is 0 Å². The average molecular weight is 511 g/mol. The normalized spacial score (nSPS) is 25.4. The highest BCUT2D eigenvalue weighted by Crippen LogP contribution is 2.34. The molecule has 5 atom stereocenters. The van der Waals surface area contributed by atoms with Crippen LogP contribution in [-0.2, 0) is 33.2 Å². The molecule has 0 amide bonds. The third kappa shape index (κ3) is 7.04. The molecule has 1 aromatic rings. The second-order valence-electron chi connectivity index (χ2n) is 7.09. The summed E-state index contributed by atoms with van der Waals surface area (Å²) in [6.45, 7) is 1.22. The van der Waals surface area contributed by atoms with E-state index in [0.717, 1.165) is 0 Å². The third-order valence-electron chi connectivity index (χ3n) is 4.75. The van der Waals surface area contributed by atoms with Crippen molar-refractivity contribution in [1.82, 2.24) is 0 Å². The predicted molar refractivity (Wildman–Crippen MR) is 110 cm³/mol. The molecule has 1 aromatic carbocycles. The van der Waals surface area contributed by atoms with Crippen LogP contribution in [-0.4, -0.2) is 70.9 Å². The molecular formula is C19H24F3N3O8S. The summed E-state index contributed by atoms with van der Waals surface area (Å²) in [6.07, 6.45) is -5.00. The van der Waals surface area contributed by atoms with E-state index in [9.17, 15) is 26.4 Å². The van der Waals surface area contributed by atoms with Crippen molar-refractivity contribution in [2.75, 3.05) is 20.3 Å². The Morgan fingerprint density at radius 2 is 1.91 bits per heavy atom. The van der Waals surface area contributed by atoms with E-state index < -0.39 is 58.8 Å². The van der Waals surface area contributed by atoms with Crippen molar-refractivity contribution in [2.24, 2.45) is 5.11 Å². The number of halogens is 3. The summed E-state index contributed by atoms with van der Waals surface area (Å²) in [7, 11) is -4.94. The quantitative estimate of drug-likeness (QED) is 0.0836. The summed E-state index contributed by atoms with van der Waals surface area (Å²) in [5.74, 6) is -0.850. The number of ether oxygens (including phenoxy) is 4. The first-order chi connectivity index (χ1) is 16.1. The van der Waals surface area contributed by atoms with Crippen molar-refractivity contribution in [3.8, 4) is 0 Å². The van der Waals surface area contributed by atoms with Crippen LogP contribution in [0.2, 0.25) is 0 Å². The summed E-state index contributed by atoms with van der Waals surface area (Å²) in [5.41, 5.74) is 3.37. The number of carbonyl (C=O) groups is 1. The topological polar surface area (TPSA) is 146 Å². The standard InChI is InChI=1S/C19H24F3N3O8S/c1-3-4-10-30-16-14(24-25-23)15(33-34(27,28)19(20,21)22)13(32-18(16)29-2)11-31-17(26)12-8-6-5-7-9-12/h5-9,13-16,18H,3-4,10-11H2,1-2H3/t13?,14-,15+,16?,18+/m0/s1. The number of nitrogens with zero attached hydrogens (tertiary/aromatic N) is 3. The molecule has 1 saturated heterocycles. The van der Waals surface area contributed by atoms with Gasteiger partial charge in [-0.15, -0.1) is 0 Å². The summed E-state index contributed by atoms with van der Waals surface area (Å²) < 4.78 is 88.5. The lowest BCUT2D eigenvalue weighted by Crippen LogP contribution is -2.61. The average Bonchev–Trinajstić information content (AvgIpc) is 2.79. The number of alkyl halides is 3. The van der Waals surface area contributed by atoms with Gasteiger partial charge < -0.3 is 18.9 Å². The maximum Gasteiger partial charge on any atom is 0.523 e. The van der Waals surface area contributed by atoms with Crippen LogP contribution in [0, 0.1) is 0 Å². The first kappa shape index (κ1) is 27.8. The van der Waals surface area contributed by atoms with Gasteiger partial charge >= 0.3 is 21.6 Å². The van der Waals surface area contributed by atoms with E-state index in [2.05, 4.69) is 14.2 Å². The highest BCUT2D eigenvalue weighted by Gasteiger charge is 2.55. The lowest BCUT2D eigenvalue weighted by atomic mass is 9.97. The number of rotatable bonds is 11. The van der Waals surface area contributed by atoms with Gasteiger partial charge in [0.05, 0.1) is 11.6 Å². The lowest BCUT2D eigenvalue weighted by Gasteiger charge is -2.43. The molecule has 1 aliphatic rings. The zero-order valence-electron chi connectivity index (χ0n) is 18.3. The van der Waals surface area contributed by atoms with Gasteiger partial charge in [-0.25, -0.2) is 4.79 Å². The maximum atomic E-state index is 13.1. The molecule has 2 unspecified atom stereocenters. The Bertz CT molecular complexity index is 957. The van der Waals surface area contributed by atoms with Gasteiger partial charge in [0.25, 0.3) is 0 Å². The van der Waals surface area contributed by atoms with Crippen molar-refractivity contribution >= 4 is 16.1 Å². The number of hydrogen-bond donors (Lipinski definition) is 0. The van der Waals surface area contributed by atoms with E-state index >= 15 is 0 Å². The second kappa shape index (κ2) is 12.3. The van der Waals surface area contributed by atoms with E-state index in [0.29, 0.717) is 12.8 Å². The molecule has 0 N–H and O–H groups in total. The van der Waals surface area contributed by atoms with Crippen LogP contribution in [0.1, 0.15) is 30.1 Å². The molecule has 0 aromatic heterocycles. The molecule has 190 valence electrons. The van der Waals surface area contributed by atoms with Gasteiger partial charge in [-0.05, 0) is 24.1 Å². The summed E-state index contributed by atoms with van der Waals surface area (Å²) in [5, 5.41) is 3.42. The first-order valence-corrected chi connectivity index (χ1v) is 11.5. The van der Waals surface area contributed by atoms with E-state index in [1.807, 2.05) is 6.92 Å². The molecule has 0 bridgehead atoms. The number of esters is 1. The largest absolute Gasteiger partial charge is 0.523 e. The Morgan fingerprint density at radius 3 is 2.47 bits per heavy atom. The van der Waals surface area contributed by atoms with Gasteiger partial charge in [0.15, 0.2) is 6.29 Å². The number of unbranched alkanes of at least 4 members (excludes halogenated alkanes) is 1. The summed E-state index contributed by atoms with van der Waals surface area (Å²) in [6, 6.07) is 6.02. The maximum absolute atomic E-state index is 13.1. The summed E-state index contributed by atoms with van der Waals surface area (Å²) >= 11 is 0. The van der Waals surface area contributed by atoms with Crippen molar-refractivity contribution < 1.29 is 49.5 Å². The van der Waals surface area contributed by atoms with Crippen LogP contribution in [0.15, 0.2) is 35.4 Å². The SMILES string of the molecule is CCCCOC1[C@H](OC)OC(COC(=O)c2ccccc2)[C@@H](OS(=O)(=O)C(F)(F)F)[C@@H]1N=[N+]=[N-]. The fourth-order valence-corrected chi connectivity index (χ4v) is 3.73. The van der Waals surface area contributed by atoms with E-state index in [1.54, 1.807) is 18.2 Å². The minimum absolute atomic E-state index is 0.0915. The van der Waals surface area contributed by atoms with Gasteiger partial charge in [0.2, 0.25) is 0 Å². The Labute approximate surface area is 193 Å². The molecule has 11 nitrogen and oxygen atoms in total. The molecule has 34 heavy (non-hydrogen) atoms. The lowest BCUT2D eigenvalue weighted by molar-refractivity contribution is -0.274. The number of methoxy groups -OCH3 is 1. The van der Waals surface area contributed by atoms with Gasteiger partial charge in [-0.2, -0.15) is 21.6 Å². The minimum atomic E-state index is -6.15. The van der Waals surface area contributed by atoms with E-state index in [1.165, 1.54) is 19.2 Å². The molecule has 1 fully saturated rings. The van der Waals surface area contributed by atoms with Gasteiger partial charge in [0.1, 0.15) is 24.9 Å². The molecule has 0 saturated carbocycles. The van der Waals surface area contributed by atoms with Crippen LogP contribution < -0.4 is 0 Å². The molecular weight excluding hydrogens is 487 g/mol. The zero-order chi connectivity index (χ0) is 25.4. The first-order valence-electron chi connectivity index (χ1n) is 10.1. The van der Waals surface area contributed by atoms with E-state index in [-0.39, 0.29) is 12.2 Å². The van der Waals surface area contributed by atoms with Crippen LogP contribution in [0.25, 0.3) is 10.4 Å². The molecule has 2 rings (SSSR count). The number of hydrogen-bond acceptors (Lipinski definition) is 9. The zero-order valence-corrected chi connectivity index (χ0v) is 19.1. The van der Waals surface area contributed by atoms with Crippen LogP contribution >= 0.6 is 0 Å². The molecule has 1 heterocycles. The van der Waals surface area contributed by atoms with Crippen molar-refractivity contribution in [1.29, 1.82) is 0 Å². The Kier molecular flexibility index (Phi) is 10.1. The molecule has 0 spiro atoms. The third-order valence-corrected chi connectivity index (χ3v) is 5.79. The highest BCUT2D eigenvalue weighted by atomic mass is 32.2. The molecule has 1 aliphatic heterocycles. The van der Waals surface area contributed by atoms with Gasteiger partial charge in [-0.3, -0.25) is 4.18 Å². The van der Waals surface area contributed by atoms with Gasteiger partial charge in [0, 0.05) is 18.6 Å². The Hall–Kier alpha value is -2.42. The van der Waals surface area contributed by atoms with Crippen molar-refractivity contribution in [2.45, 2.75) is 55.9 Å². The molecule has 0 aliphatic carbocycles. The van der Waals surface area contributed by atoms with Crippen molar-refractivity contribution in [3.63, 3.8) is 0 Å². The fourth-order valence-electron chi connectivity index (χ4n) is 3.09. The highest BCUT2D eigenvalue weighted by molar-refractivity contribution is 7.87. The molecule has 15 heteroatoms. The van der Waals surface area contributed by atoms with Crippen molar-refractivity contribution in [3.05, 3.63) is 46.3 Å². The predicted octanol–water partition coefficient (Wildman–Crippen LogP) is 3.31. The Morgan fingerprint density at radius 1 is 1.24 bits per heavy atom. The second-order valence-corrected chi connectivity index (χ2v) is 8.65. The van der Waals surface area contributed by atoms with Crippen LogP contribution in [0.4, 0.5) is 13.2 Å². The summed E-state index contributed by atoms with van der Waals surface area (Å²) in [4.78, 5) is 14.9. The van der Waals surface area contributed by atoms with Gasteiger partial charge in [-0.1, -0.05) is 36.7 Å². The molecule has 0 radical (unpaired) electrons. The fraction of sp³-hybridized carbons (Fsp3) is 0.632. The smallest absolute Gasteiger partial charge is 0.459 e. The number of azide groups is 1. The minimum Gasteiger partial charge on any atom is -0.459 e. The van der Waals surface area contributed by atoms with E-state index in [4.69, 9.17) is 24.5 Å². The number of benzene rings is 1.